The molecule has 0 bridgehead atoms. The van der Waals surface area contributed by atoms with E-state index < -0.39 is 0 Å². The lowest BCUT2D eigenvalue weighted by Gasteiger charge is -2.25. The predicted octanol–water partition coefficient (Wildman–Crippen LogP) is 6.53. The van der Waals surface area contributed by atoms with Gasteiger partial charge in [0, 0.05) is 0 Å². The first-order valence-corrected chi connectivity index (χ1v) is 9.56. The minimum Gasteiger partial charge on any atom is -0.485 e. The average molecular weight is 360 g/mol. The van der Waals surface area contributed by atoms with Crippen LogP contribution in [0.25, 0.3) is 0 Å². The molecular formula is C25H28O2. The van der Waals surface area contributed by atoms with E-state index in [0.717, 1.165) is 29.0 Å². The van der Waals surface area contributed by atoms with Gasteiger partial charge in [-0.15, -0.1) is 0 Å². The van der Waals surface area contributed by atoms with Crippen LogP contribution in [0.5, 0.6) is 11.5 Å². The highest BCUT2D eigenvalue weighted by Crippen LogP contribution is 2.35. The standard InChI is InChI=1S/C25H28O2/c1-4-25(2,3)22-15-16-23(26-18-20-11-7-5-8-12-20)24(17-22)27-19-21-13-9-6-10-14-21/h5-17H,4,18-19H2,1-3H3. The Labute approximate surface area is 162 Å². The van der Waals surface area contributed by atoms with Gasteiger partial charge in [-0.3, -0.25) is 0 Å². The van der Waals surface area contributed by atoms with E-state index in [-0.39, 0.29) is 5.41 Å². The first kappa shape index (κ1) is 19.0. The zero-order valence-electron chi connectivity index (χ0n) is 16.4. The Morgan fingerprint density at radius 3 is 1.70 bits per heavy atom. The number of ether oxygens (including phenoxy) is 2. The maximum Gasteiger partial charge on any atom is 0.161 e. The molecule has 2 nitrogen and oxygen atoms in total. The van der Waals surface area contributed by atoms with Crippen LogP contribution in [-0.4, -0.2) is 0 Å². The zero-order valence-corrected chi connectivity index (χ0v) is 16.4. The second-order valence-corrected chi connectivity index (χ2v) is 7.45. The van der Waals surface area contributed by atoms with Crippen LogP contribution in [-0.2, 0) is 18.6 Å². The number of benzene rings is 3. The van der Waals surface area contributed by atoms with E-state index in [0.29, 0.717) is 13.2 Å². The normalized spacial score (nSPS) is 11.2. The van der Waals surface area contributed by atoms with Crippen LogP contribution in [0.3, 0.4) is 0 Å². The van der Waals surface area contributed by atoms with Crippen molar-refractivity contribution < 1.29 is 9.47 Å². The fourth-order valence-electron chi connectivity index (χ4n) is 2.84. The quantitative estimate of drug-likeness (QED) is 0.454. The van der Waals surface area contributed by atoms with Crippen molar-refractivity contribution in [2.24, 2.45) is 0 Å². The van der Waals surface area contributed by atoms with Crippen LogP contribution >= 0.6 is 0 Å². The summed E-state index contributed by atoms with van der Waals surface area (Å²) in [4.78, 5) is 0. The van der Waals surface area contributed by atoms with Crippen molar-refractivity contribution in [1.29, 1.82) is 0 Å². The van der Waals surface area contributed by atoms with Crippen molar-refractivity contribution in [2.75, 3.05) is 0 Å². The molecule has 0 aliphatic rings. The van der Waals surface area contributed by atoms with E-state index in [1.807, 2.05) is 42.5 Å². The van der Waals surface area contributed by atoms with Crippen LogP contribution in [0.15, 0.2) is 78.9 Å². The minimum absolute atomic E-state index is 0.100. The van der Waals surface area contributed by atoms with Gasteiger partial charge < -0.3 is 9.47 Å². The van der Waals surface area contributed by atoms with Crippen molar-refractivity contribution in [1.82, 2.24) is 0 Å². The largest absolute Gasteiger partial charge is 0.485 e. The number of hydrogen-bond acceptors (Lipinski definition) is 2. The van der Waals surface area contributed by atoms with Gasteiger partial charge in [-0.1, -0.05) is 87.5 Å². The molecule has 0 fully saturated rings. The monoisotopic (exact) mass is 360 g/mol. The lowest BCUT2D eigenvalue weighted by Crippen LogP contribution is -2.15. The van der Waals surface area contributed by atoms with Gasteiger partial charge in [0.15, 0.2) is 11.5 Å². The highest BCUT2D eigenvalue weighted by atomic mass is 16.5. The van der Waals surface area contributed by atoms with Gasteiger partial charge in [-0.2, -0.15) is 0 Å². The van der Waals surface area contributed by atoms with E-state index in [9.17, 15) is 0 Å². The van der Waals surface area contributed by atoms with E-state index in [2.05, 4.69) is 57.2 Å². The van der Waals surface area contributed by atoms with E-state index in [1.54, 1.807) is 0 Å². The highest BCUT2D eigenvalue weighted by Gasteiger charge is 2.20. The molecule has 3 rings (SSSR count). The maximum absolute atomic E-state index is 6.17. The predicted molar refractivity (Wildman–Crippen MR) is 111 cm³/mol. The van der Waals surface area contributed by atoms with Gasteiger partial charge in [0.25, 0.3) is 0 Å². The highest BCUT2D eigenvalue weighted by molar-refractivity contribution is 5.45. The summed E-state index contributed by atoms with van der Waals surface area (Å²) >= 11 is 0. The molecule has 3 aromatic rings. The van der Waals surface area contributed by atoms with Gasteiger partial charge >= 0.3 is 0 Å². The van der Waals surface area contributed by atoms with Gasteiger partial charge in [-0.05, 0) is 40.7 Å². The summed E-state index contributed by atoms with van der Waals surface area (Å²) in [5.74, 6) is 1.58. The zero-order chi connectivity index (χ0) is 19.1. The maximum atomic E-state index is 6.17. The lowest BCUT2D eigenvalue weighted by atomic mass is 9.82. The van der Waals surface area contributed by atoms with Crippen LogP contribution in [0.2, 0.25) is 0 Å². The third-order valence-electron chi connectivity index (χ3n) is 5.08. The fourth-order valence-corrected chi connectivity index (χ4v) is 2.84. The van der Waals surface area contributed by atoms with Gasteiger partial charge in [0.05, 0.1) is 0 Å². The van der Waals surface area contributed by atoms with Crippen LogP contribution in [0.1, 0.15) is 43.9 Å². The molecule has 3 aromatic carbocycles. The molecule has 0 saturated carbocycles. The van der Waals surface area contributed by atoms with E-state index in [1.165, 1.54) is 5.56 Å². The van der Waals surface area contributed by atoms with E-state index in [4.69, 9.17) is 9.47 Å². The number of rotatable bonds is 8. The average Bonchev–Trinajstić information content (AvgIpc) is 2.72. The van der Waals surface area contributed by atoms with Gasteiger partial charge in [0.2, 0.25) is 0 Å². The summed E-state index contributed by atoms with van der Waals surface area (Å²) in [6, 6.07) is 26.7. The molecule has 0 aromatic heterocycles. The molecule has 27 heavy (non-hydrogen) atoms. The summed E-state index contributed by atoms with van der Waals surface area (Å²) in [7, 11) is 0. The van der Waals surface area contributed by atoms with Gasteiger partial charge in [-0.25, -0.2) is 0 Å². The third kappa shape index (κ3) is 5.13. The van der Waals surface area contributed by atoms with E-state index >= 15 is 0 Å². The first-order chi connectivity index (χ1) is 13.1. The van der Waals surface area contributed by atoms with Crippen molar-refractivity contribution in [3.05, 3.63) is 95.6 Å². The molecule has 140 valence electrons. The van der Waals surface area contributed by atoms with Crippen molar-refractivity contribution in [3.8, 4) is 11.5 Å². The summed E-state index contributed by atoms with van der Waals surface area (Å²) in [6.45, 7) is 7.78. The summed E-state index contributed by atoms with van der Waals surface area (Å²) in [6.07, 6.45) is 1.06. The molecule has 0 heterocycles. The smallest absolute Gasteiger partial charge is 0.161 e. The second-order valence-electron chi connectivity index (χ2n) is 7.45. The molecule has 0 N–H and O–H groups in total. The van der Waals surface area contributed by atoms with Crippen LogP contribution in [0, 0.1) is 0 Å². The van der Waals surface area contributed by atoms with Gasteiger partial charge in [0.1, 0.15) is 13.2 Å². The van der Waals surface area contributed by atoms with Crippen LogP contribution in [0.4, 0.5) is 0 Å². The molecule has 0 aliphatic heterocycles. The first-order valence-electron chi connectivity index (χ1n) is 9.56. The van der Waals surface area contributed by atoms with Crippen molar-refractivity contribution in [3.63, 3.8) is 0 Å². The molecule has 0 saturated heterocycles. The third-order valence-corrected chi connectivity index (χ3v) is 5.08. The Balaban J connectivity index is 1.81. The lowest BCUT2D eigenvalue weighted by molar-refractivity contribution is 0.255. The summed E-state index contributed by atoms with van der Waals surface area (Å²) in [5, 5.41) is 0. The van der Waals surface area contributed by atoms with Crippen LogP contribution < -0.4 is 9.47 Å². The molecule has 0 aliphatic carbocycles. The van der Waals surface area contributed by atoms with Crippen molar-refractivity contribution in [2.45, 2.75) is 45.8 Å². The SMILES string of the molecule is CCC(C)(C)c1ccc(OCc2ccccc2)c(OCc2ccccc2)c1. The Morgan fingerprint density at radius 2 is 1.19 bits per heavy atom. The second kappa shape index (κ2) is 8.77. The Bertz CT molecular complexity index is 839. The topological polar surface area (TPSA) is 18.5 Å². The summed E-state index contributed by atoms with van der Waals surface area (Å²) < 4.78 is 12.3. The molecule has 0 radical (unpaired) electrons. The summed E-state index contributed by atoms with van der Waals surface area (Å²) in [5.41, 5.74) is 3.65. The van der Waals surface area contributed by atoms with Crippen molar-refractivity contribution >= 4 is 0 Å². The Morgan fingerprint density at radius 1 is 0.667 bits per heavy atom. The molecule has 2 heteroatoms. The molecule has 0 atom stereocenters. The fraction of sp³-hybridized carbons (Fsp3) is 0.280. The molecule has 0 spiro atoms. The number of hydrogen-bond donors (Lipinski definition) is 0. The Hall–Kier alpha value is -2.74. The Kier molecular flexibility index (Phi) is 6.18. The minimum atomic E-state index is 0.100. The molecule has 0 amide bonds. The molecular weight excluding hydrogens is 332 g/mol. The molecule has 0 unspecified atom stereocenters.